The van der Waals surface area contributed by atoms with Gasteiger partial charge in [-0.2, -0.15) is 0 Å². The second kappa shape index (κ2) is 9.83. The highest BCUT2D eigenvalue weighted by atomic mass is 35.5. The Morgan fingerprint density at radius 2 is 2.00 bits per heavy atom. The minimum atomic E-state index is 0. The third-order valence-electron chi connectivity index (χ3n) is 3.02. The van der Waals surface area contributed by atoms with Crippen molar-refractivity contribution in [3.63, 3.8) is 0 Å². The topological polar surface area (TPSA) is 68.9 Å². The van der Waals surface area contributed by atoms with Crippen LogP contribution in [0.2, 0.25) is 0 Å². The van der Waals surface area contributed by atoms with Gasteiger partial charge in [0.15, 0.2) is 0 Å². The van der Waals surface area contributed by atoms with Gasteiger partial charge in [0, 0.05) is 25.6 Å². The van der Waals surface area contributed by atoms with Crippen LogP contribution in [0.5, 0.6) is 5.75 Å². The summed E-state index contributed by atoms with van der Waals surface area (Å²) < 4.78 is 5.09. The number of hydrogen-bond donors (Lipinski definition) is 2. The fraction of sp³-hybridized carbons (Fsp3) is 0.462. The maximum absolute atomic E-state index is 5.65. The second-order valence-corrected chi connectivity index (χ2v) is 4.27. The third-order valence-corrected chi connectivity index (χ3v) is 3.02. The van der Waals surface area contributed by atoms with Crippen LogP contribution in [0.4, 0.5) is 0 Å². The molecule has 1 heterocycles. The monoisotopic (exact) mass is 321 g/mol. The number of rotatable bonds is 5. The van der Waals surface area contributed by atoms with Crippen molar-refractivity contribution in [3.05, 3.63) is 29.8 Å². The van der Waals surface area contributed by atoms with E-state index in [4.69, 9.17) is 15.3 Å². The molecule has 1 aliphatic rings. The molecule has 1 fully saturated rings. The molecule has 0 amide bonds. The Labute approximate surface area is 131 Å². The highest BCUT2D eigenvalue weighted by Crippen LogP contribution is 2.12. The van der Waals surface area contributed by atoms with Crippen molar-refractivity contribution in [2.75, 3.05) is 26.7 Å². The van der Waals surface area contributed by atoms with Crippen LogP contribution in [-0.4, -0.2) is 32.5 Å². The van der Waals surface area contributed by atoms with E-state index in [-0.39, 0.29) is 24.8 Å². The lowest BCUT2D eigenvalue weighted by molar-refractivity contribution is 0.129. The number of methoxy groups -OCH3 is 1. The molecule has 0 spiro atoms. The van der Waals surface area contributed by atoms with E-state index in [2.05, 4.69) is 10.5 Å². The van der Waals surface area contributed by atoms with E-state index in [0.717, 1.165) is 30.1 Å². The first-order valence-electron chi connectivity index (χ1n) is 6.06. The number of benzene rings is 1. The van der Waals surface area contributed by atoms with Crippen LogP contribution >= 0.6 is 24.8 Å². The summed E-state index contributed by atoms with van der Waals surface area (Å²) in [6, 6.07) is 7.75. The predicted octanol–water partition coefficient (Wildman–Crippen LogP) is 1.59. The SMILES string of the molecule is COc1ccc(CON=C2CNCC2CN)cc1.Cl.Cl. The molecule has 0 radical (unpaired) electrons. The van der Waals surface area contributed by atoms with Crippen LogP contribution in [0.15, 0.2) is 29.4 Å². The maximum Gasteiger partial charge on any atom is 0.142 e. The number of nitrogens with zero attached hydrogens (tertiary/aromatic N) is 1. The van der Waals surface area contributed by atoms with Crippen LogP contribution in [-0.2, 0) is 11.4 Å². The first-order chi connectivity index (χ1) is 8.83. The van der Waals surface area contributed by atoms with E-state index in [1.54, 1.807) is 7.11 Å². The summed E-state index contributed by atoms with van der Waals surface area (Å²) in [7, 11) is 1.65. The zero-order valence-corrected chi connectivity index (χ0v) is 13.0. The average molecular weight is 322 g/mol. The molecule has 1 aromatic rings. The minimum absolute atomic E-state index is 0. The Balaban J connectivity index is 0.00000180. The summed E-state index contributed by atoms with van der Waals surface area (Å²) >= 11 is 0. The summed E-state index contributed by atoms with van der Waals surface area (Å²) in [6.45, 7) is 2.73. The Morgan fingerprint density at radius 3 is 2.60 bits per heavy atom. The van der Waals surface area contributed by atoms with Crippen LogP contribution < -0.4 is 15.8 Å². The van der Waals surface area contributed by atoms with E-state index >= 15 is 0 Å². The molecular formula is C13H21Cl2N3O2. The molecule has 1 aliphatic heterocycles. The van der Waals surface area contributed by atoms with Gasteiger partial charge >= 0.3 is 0 Å². The van der Waals surface area contributed by atoms with Gasteiger partial charge < -0.3 is 20.6 Å². The number of nitrogens with one attached hydrogen (secondary N) is 1. The molecule has 0 aliphatic carbocycles. The molecule has 114 valence electrons. The van der Waals surface area contributed by atoms with Gasteiger partial charge in [-0.25, -0.2) is 0 Å². The van der Waals surface area contributed by atoms with Crippen LogP contribution in [0.1, 0.15) is 5.56 Å². The number of halogens is 2. The van der Waals surface area contributed by atoms with Gasteiger partial charge in [0.05, 0.1) is 12.8 Å². The summed E-state index contributed by atoms with van der Waals surface area (Å²) in [5.41, 5.74) is 7.72. The van der Waals surface area contributed by atoms with Crippen molar-refractivity contribution in [1.82, 2.24) is 5.32 Å². The molecule has 2 rings (SSSR count). The number of nitrogens with two attached hydrogens (primary N) is 1. The highest BCUT2D eigenvalue weighted by molar-refractivity contribution is 5.90. The Bertz CT molecular complexity index is 413. The van der Waals surface area contributed by atoms with Gasteiger partial charge in [-0.1, -0.05) is 17.3 Å². The van der Waals surface area contributed by atoms with Crippen molar-refractivity contribution in [1.29, 1.82) is 0 Å². The lowest BCUT2D eigenvalue weighted by Gasteiger charge is -2.06. The van der Waals surface area contributed by atoms with Crippen molar-refractivity contribution in [2.24, 2.45) is 16.8 Å². The molecule has 1 unspecified atom stereocenters. The molecule has 7 heteroatoms. The molecule has 1 aromatic carbocycles. The number of hydrogen-bond acceptors (Lipinski definition) is 5. The molecule has 20 heavy (non-hydrogen) atoms. The van der Waals surface area contributed by atoms with Crippen LogP contribution in [0.3, 0.4) is 0 Å². The Hall–Kier alpha value is -1.01. The smallest absolute Gasteiger partial charge is 0.142 e. The quantitative estimate of drug-likeness (QED) is 0.808. The molecule has 3 N–H and O–H groups in total. The van der Waals surface area contributed by atoms with Gasteiger partial charge in [0.2, 0.25) is 0 Å². The lowest BCUT2D eigenvalue weighted by atomic mass is 10.1. The molecule has 1 atom stereocenters. The van der Waals surface area contributed by atoms with Gasteiger partial charge in [-0.15, -0.1) is 24.8 Å². The molecule has 0 aromatic heterocycles. The fourth-order valence-electron chi connectivity index (χ4n) is 1.87. The average Bonchev–Trinajstić information content (AvgIpc) is 2.87. The van der Waals surface area contributed by atoms with Crippen molar-refractivity contribution < 1.29 is 9.57 Å². The van der Waals surface area contributed by atoms with E-state index in [1.165, 1.54) is 0 Å². The number of ether oxygens (including phenoxy) is 1. The van der Waals surface area contributed by atoms with E-state index in [0.29, 0.717) is 19.1 Å². The molecule has 0 bridgehead atoms. The Kier molecular flexibility index (Phi) is 9.33. The third kappa shape index (κ3) is 5.17. The highest BCUT2D eigenvalue weighted by Gasteiger charge is 2.21. The van der Waals surface area contributed by atoms with Crippen molar-refractivity contribution in [2.45, 2.75) is 6.61 Å². The fourth-order valence-corrected chi connectivity index (χ4v) is 1.87. The van der Waals surface area contributed by atoms with Gasteiger partial charge in [0.25, 0.3) is 0 Å². The zero-order valence-electron chi connectivity index (χ0n) is 11.4. The van der Waals surface area contributed by atoms with E-state index in [1.807, 2.05) is 24.3 Å². The molecule has 1 saturated heterocycles. The standard InChI is InChI=1S/C13H19N3O2.2ClH/c1-17-12-4-2-10(3-5-12)9-18-16-13-8-15-7-11(13)6-14;;/h2-5,11,15H,6-9,14H2,1H3;2*1H. The van der Waals surface area contributed by atoms with Gasteiger partial charge in [-0.05, 0) is 17.7 Å². The maximum atomic E-state index is 5.65. The first kappa shape index (κ1) is 19.0. The summed E-state index contributed by atoms with van der Waals surface area (Å²) in [5.74, 6) is 1.15. The summed E-state index contributed by atoms with van der Waals surface area (Å²) in [6.07, 6.45) is 0. The molecule has 0 saturated carbocycles. The largest absolute Gasteiger partial charge is 0.497 e. The molecular weight excluding hydrogens is 301 g/mol. The van der Waals surface area contributed by atoms with Crippen LogP contribution in [0.25, 0.3) is 0 Å². The summed E-state index contributed by atoms with van der Waals surface area (Å²) in [5, 5.41) is 7.39. The zero-order chi connectivity index (χ0) is 12.8. The van der Waals surface area contributed by atoms with E-state index in [9.17, 15) is 0 Å². The Morgan fingerprint density at radius 1 is 1.30 bits per heavy atom. The predicted molar refractivity (Wildman–Crippen MR) is 85.1 cm³/mol. The summed E-state index contributed by atoms with van der Waals surface area (Å²) in [4.78, 5) is 5.36. The van der Waals surface area contributed by atoms with Gasteiger partial charge in [-0.3, -0.25) is 0 Å². The molecule has 5 nitrogen and oxygen atoms in total. The van der Waals surface area contributed by atoms with E-state index < -0.39 is 0 Å². The van der Waals surface area contributed by atoms with Crippen molar-refractivity contribution in [3.8, 4) is 5.75 Å². The minimum Gasteiger partial charge on any atom is -0.497 e. The van der Waals surface area contributed by atoms with Gasteiger partial charge in [0.1, 0.15) is 12.4 Å². The van der Waals surface area contributed by atoms with Crippen LogP contribution in [0, 0.1) is 5.92 Å². The second-order valence-electron chi connectivity index (χ2n) is 4.27. The first-order valence-corrected chi connectivity index (χ1v) is 6.06. The lowest BCUT2D eigenvalue weighted by Crippen LogP contribution is -2.22. The normalized spacial score (nSPS) is 19.1. The number of oxime groups is 1. The van der Waals surface area contributed by atoms with Crippen molar-refractivity contribution >= 4 is 30.5 Å².